The second-order valence-electron chi connectivity index (χ2n) is 6.31. The zero-order valence-corrected chi connectivity index (χ0v) is 17.1. The minimum atomic E-state index is 0.0787. The van der Waals surface area contributed by atoms with Gasteiger partial charge in [0, 0.05) is 40.4 Å². The Morgan fingerprint density at radius 1 is 1.27 bits per heavy atom. The quantitative estimate of drug-likeness (QED) is 0.556. The number of halogens is 1. The molecule has 0 atom stereocenters. The molecule has 0 radical (unpaired) electrons. The molecule has 1 amide bonds. The van der Waals surface area contributed by atoms with E-state index in [9.17, 15) is 4.79 Å². The zero-order chi connectivity index (χ0) is 18.5. The first kappa shape index (κ1) is 18.7. The lowest BCUT2D eigenvalue weighted by Gasteiger charge is -2.26. The van der Waals surface area contributed by atoms with Crippen LogP contribution in [0.25, 0.3) is 10.6 Å². The predicted molar refractivity (Wildman–Crippen MR) is 109 cm³/mol. The lowest BCUT2D eigenvalue weighted by molar-refractivity contribution is -0.132. The Kier molecular flexibility index (Phi) is 6.16. The fourth-order valence-corrected chi connectivity index (χ4v) is 3.86. The van der Waals surface area contributed by atoms with Gasteiger partial charge < -0.3 is 4.90 Å². The topological polar surface area (TPSA) is 46.1 Å². The van der Waals surface area contributed by atoms with Gasteiger partial charge >= 0.3 is 0 Å². The van der Waals surface area contributed by atoms with Crippen molar-refractivity contribution in [2.45, 2.75) is 32.9 Å². The summed E-state index contributed by atoms with van der Waals surface area (Å²) in [5, 5.41) is 2.90. The number of carbonyl (C=O) groups is 1. The van der Waals surface area contributed by atoms with Crippen LogP contribution >= 0.6 is 27.3 Å². The van der Waals surface area contributed by atoms with Crippen LogP contribution in [0.3, 0.4) is 0 Å². The number of pyridine rings is 1. The van der Waals surface area contributed by atoms with Crippen LogP contribution in [0, 0.1) is 0 Å². The maximum absolute atomic E-state index is 12.8. The van der Waals surface area contributed by atoms with E-state index in [1.54, 1.807) is 23.7 Å². The van der Waals surface area contributed by atoms with Gasteiger partial charge in [-0.25, -0.2) is 4.98 Å². The third-order valence-electron chi connectivity index (χ3n) is 3.98. The first-order valence-electron chi connectivity index (χ1n) is 8.41. The third kappa shape index (κ3) is 4.77. The summed E-state index contributed by atoms with van der Waals surface area (Å²) in [6.45, 7) is 4.62. The lowest BCUT2D eigenvalue weighted by Crippen LogP contribution is -2.37. The molecule has 0 aliphatic carbocycles. The third-order valence-corrected chi connectivity index (χ3v) is 5.41. The number of nitrogens with zero attached hydrogens (tertiary/aromatic N) is 3. The highest BCUT2D eigenvalue weighted by molar-refractivity contribution is 9.10. The summed E-state index contributed by atoms with van der Waals surface area (Å²) in [6, 6.07) is 12.0. The predicted octanol–water partition coefficient (Wildman–Crippen LogP) is 4.95. The van der Waals surface area contributed by atoms with Crippen molar-refractivity contribution in [2.24, 2.45) is 0 Å². The standard InChI is InChI=1S/C20H20BrN3OS/c1-14(2)24(12-15-5-4-8-22-11-15)19(25)10-18-13-26-20(23-18)16-6-3-7-17(21)9-16/h3-9,11,13-14H,10,12H2,1-2H3. The van der Waals surface area contributed by atoms with E-state index >= 15 is 0 Å². The molecule has 3 rings (SSSR count). The molecule has 26 heavy (non-hydrogen) atoms. The minimum Gasteiger partial charge on any atom is -0.336 e. The van der Waals surface area contributed by atoms with Crippen molar-refractivity contribution in [2.75, 3.05) is 0 Å². The molecule has 0 bridgehead atoms. The smallest absolute Gasteiger partial charge is 0.229 e. The Morgan fingerprint density at radius 3 is 2.81 bits per heavy atom. The fraction of sp³-hybridized carbons (Fsp3) is 0.250. The van der Waals surface area contributed by atoms with E-state index in [-0.39, 0.29) is 11.9 Å². The molecule has 2 heterocycles. The van der Waals surface area contributed by atoms with Crippen LogP contribution in [-0.4, -0.2) is 26.8 Å². The average Bonchev–Trinajstić information content (AvgIpc) is 3.08. The van der Waals surface area contributed by atoms with Gasteiger partial charge in [-0.15, -0.1) is 11.3 Å². The molecule has 0 unspecified atom stereocenters. The van der Waals surface area contributed by atoms with Crippen molar-refractivity contribution in [3.63, 3.8) is 0 Å². The molecular weight excluding hydrogens is 410 g/mol. The molecule has 2 aromatic heterocycles. The molecule has 0 saturated heterocycles. The highest BCUT2D eigenvalue weighted by Gasteiger charge is 2.19. The molecule has 4 nitrogen and oxygen atoms in total. The van der Waals surface area contributed by atoms with Crippen LogP contribution in [0.1, 0.15) is 25.1 Å². The van der Waals surface area contributed by atoms with Crippen LogP contribution in [0.5, 0.6) is 0 Å². The van der Waals surface area contributed by atoms with Crippen LogP contribution < -0.4 is 0 Å². The molecule has 6 heteroatoms. The van der Waals surface area contributed by atoms with Crippen LogP contribution in [0.2, 0.25) is 0 Å². The summed E-state index contributed by atoms with van der Waals surface area (Å²) in [4.78, 5) is 23.5. The normalized spacial score (nSPS) is 10.9. The first-order chi connectivity index (χ1) is 12.5. The van der Waals surface area contributed by atoms with Crippen LogP contribution in [0.4, 0.5) is 0 Å². The second-order valence-corrected chi connectivity index (χ2v) is 8.08. The van der Waals surface area contributed by atoms with E-state index in [1.807, 2.05) is 60.5 Å². The number of thiazole rings is 1. The number of hydrogen-bond donors (Lipinski definition) is 0. The van der Waals surface area contributed by atoms with Crippen molar-refractivity contribution < 1.29 is 4.79 Å². The average molecular weight is 430 g/mol. The summed E-state index contributed by atoms with van der Waals surface area (Å²) < 4.78 is 1.02. The molecule has 0 aliphatic rings. The second kappa shape index (κ2) is 8.56. The summed E-state index contributed by atoms with van der Waals surface area (Å²) >= 11 is 5.05. The van der Waals surface area contributed by atoms with Crippen molar-refractivity contribution in [1.29, 1.82) is 0 Å². The molecule has 0 N–H and O–H groups in total. The fourth-order valence-electron chi connectivity index (χ4n) is 2.65. The SMILES string of the molecule is CC(C)N(Cc1cccnc1)C(=O)Cc1csc(-c2cccc(Br)c2)n1. The van der Waals surface area contributed by atoms with Gasteiger partial charge in [0.25, 0.3) is 0 Å². The van der Waals surface area contributed by atoms with Crippen molar-refractivity contribution in [3.05, 3.63) is 69.9 Å². The van der Waals surface area contributed by atoms with Crippen LogP contribution in [0.15, 0.2) is 58.6 Å². The zero-order valence-electron chi connectivity index (χ0n) is 14.7. The van der Waals surface area contributed by atoms with Gasteiger partial charge in [-0.1, -0.05) is 34.1 Å². The number of aromatic nitrogens is 2. The molecule has 0 fully saturated rings. The maximum Gasteiger partial charge on any atom is 0.229 e. The van der Waals surface area contributed by atoms with Gasteiger partial charge in [0.15, 0.2) is 0 Å². The van der Waals surface area contributed by atoms with Gasteiger partial charge in [0.1, 0.15) is 5.01 Å². The van der Waals surface area contributed by atoms with E-state index in [4.69, 9.17) is 0 Å². The molecular formula is C20H20BrN3OS. The minimum absolute atomic E-state index is 0.0787. The Labute approximate surface area is 166 Å². The summed E-state index contributed by atoms with van der Waals surface area (Å²) in [7, 11) is 0. The molecule has 0 spiro atoms. The lowest BCUT2D eigenvalue weighted by atomic mass is 10.2. The number of rotatable bonds is 6. The Morgan fingerprint density at radius 2 is 2.12 bits per heavy atom. The largest absolute Gasteiger partial charge is 0.336 e. The Hall–Kier alpha value is -2.05. The Balaban J connectivity index is 1.72. The van der Waals surface area contributed by atoms with Gasteiger partial charge in [0.05, 0.1) is 12.1 Å². The maximum atomic E-state index is 12.8. The van der Waals surface area contributed by atoms with Crippen molar-refractivity contribution >= 4 is 33.2 Å². The summed E-state index contributed by atoms with van der Waals surface area (Å²) in [5.41, 5.74) is 2.90. The highest BCUT2D eigenvalue weighted by Crippen LogP contribution is 2.26. The monoisotopic (exact) mass is 429 g/mol. The van der Waals surface area contributed by atoms with Gasteiger partial charge in [-0.05, 0) is 37.6 Å². The van der Waals surface area contributed by atoms with E-state index in [0.29, 0.717) is 13.0 Å². The molecule has 3 aromatic rings. The van der Waals surface area contributed by atoms with Crippen molar-refractivity contribution in [1.82, 2.24) is 14.9 Å². The van der Waals surface area contributed by atoms with E-state index in [0.717, 1.165) is 26.3 Å². The summed E-state index contributed by atoms with van der Waals surface area (Å²) in [6.07, 6.45) is 3.85. The molecule has 1 aromatic carbocycles. The van der Waals surface area contributed by atoms with Gasteiger partial charge in [0.2, 0.25) is 5.91 Å². The highest BCUT2D eigenvalue weighted by atomic mass is 79.9. The number of hydrogen-bond acceptors (Lipinski definition) is 4. The first-order valence-corrected chi connectivity index (χ1v) is 10.1. The van der Waals surface area contributed by atoms with E-state index in [1.165, 1.54) is 0 Å². The molecule has 0 aliphatic heterocycles. The van der Waals surface area contributed by atoms with Gasteiger partial charge in [-0.3, -0.25) is 9.78 Å². The number of benzene rings is 1. The molecule has 134 valence electrons. The van der Waals surface area contributed by atoms with Crippen molar-refractivity contribution in [3.8, 4) is 10.6 Å². The summed E-state index contributed by atoms with van der Waals surface area (Å²) in [5.74, 6) is 0.0787. The Bertz CT molecular complexity index is 880. The van der Waals surface area contributed by atoms with E-state index in [2.05, 4.69) is 25.9 Å². The number of carbonyl (C=O) groups excluding carboxylic acids is 1. The van der Waals surface area contributed by atoms with Crippen LogP contribution in [-0.2, 0) is 17.8 Å². The number of amides is 1. The van der Waals surface area contributed by atoms with Gasteiger partial charge in [-0.2, -0.15) is 0 Å². The molecule has 0 saturated carbocycles. The van der Waals surface area contributed by atoms with E-state index < -0.39 is 0 Å².